The molecule has 3 fully saturated rings. The molecular formula is C20H24FN3O. The van der Waals surface area contributed by atoms with Crippen molar-refractivity contribution in [3.05, 3.63) is 29.8 Å². The molecule has 1 aromatic carbocycles. The molecule has 2 heterocycles. The topological polar surface area (TPSA) is 49.0 Å². The number of H-pyrrole nitrogens is 1. The van der Waals surface area contributed by atoms with Crippen LogP contribution >= 0.6 is 0 Å². The van der Waals surface area contributed by atoms with Crippen LogP contribution in [-0.4, -0.2) is 33.9 Å². The molecule has 2 aliphatic carbocycles. The fourth-order valence-electron chi connectivity index (χ4n) is 5.15. The zero-order chi connectivity index (χ0) is 17.0. The van der Waals surface area contributed by atoms with E-state index in [4.69, 9.17) is 0 Å². The van der Waals surface area contributed by atoms with E-state index in [1.165, 1.54) is 31.7 Å². The summed E-state index contributed by atoms with van der Waals surface area (Å²) < 4.78 is 13.8. The van der Waals surface area contributed by atoms with E-state index in [9.17, 15) is 9.18 Å². The molecule has 4 nitrogen and oxygen atoms in total. The number of amides is 1. The number of benzene rings is 1. The van der Waals surface area contributed by atoms with Gasteiger partial charge in [0.25, 0.3) is 0 Å². The molecule has 5 rings (SSSR count). The molecule has 5 heteroatoms. The number of piperidine rings is 1. The molecule has 1 N–H and O–H groups in total. The van der Waals surface area contributed by atoms with Crippen LogP contribution in [0.4, 0.5) is 4.39 Å². The van der Waals surface area contributed by atoms with E-state index in [1.54, 1.807) is 6.07 Å². The summed E-state index contributed by atoms with van der Waals surface area (Å²) in [6, 6.07) is 5.02. The van der Waals surface area contributed by atoms with Crippen LogP contribution in [0.5, 0.6) is 0 Å². The summed E-state index contributed by atoms with van der Waals surface area (Å²) in [5.41, 5.74) is 1.19. The van der Waals surface area contributed by atoms with Crippen molar-refractivity contribution in [3.63, 3.8) is 0 Å². The summed E-state index contributed by atoms with van der Waals surface area (Å²) in [6.07, 6.45) is 6.93. The third-order valence-corrected chi connectivity index (χ3v) is 6.62. The first-order valence-electron chi connectivity index (χ1n) is 9.65. The average Bonchev–Trinajstić information content (AvgIpc) is 3.21. The lowest BCUT2D eigenvalue weighted by Gasteiger charge is -2.31. The van der Waals surface area contributed by atoms with Gasteiger partial charge in [-0.2, -0.15) is 0 Å². The Kier molecular flexibility index (Phi) is 3.57. The minimum atomic E-state index is -0.274. The minimum Gasteiger partial charge on any atom is -0.342 e. The summed E-state index contributed by atoms with van der Waals surface area (Å²) in [7, 11) is 0. The molecule has 132 valence electrons. The number of carbonyl (C=O) groups is 1. The largest absolute Gasteiger partial charge is 0.342 e. The maximum absolute atomic E-state index is 13.8. The van der Waals surface area contributed by atoms with Crippen LogP contribution in [-0.2, 0) is 4.79 Å². The molecule has 0 radical (unpaired) electrons. The SMILES string of the molecule is O=C(C1[C@H]2CCCC[C@H]12)N1CCC(c2nc3c(F)cccc3[nH]2)CC1. The molecule has 0 spiro atoms. The van der Waals surface area contributed by atoms with E-state index >= 15 is 0 Å². The summed E-state index contributed by atoms with van der Waals surface area (Å²) in [5, 5.41) is 0. The van der Waals surface area contributed by atoms with Crippen molar-refractivity contribution in [2.24, 2.45) is 17.8 Å². The van der Waals surface area contributed by atoms with Gasteiger partial charge in [0.15, 0.2) is 5.82 Å². The van der Waals surface area contributed by atoms with E-state index in [0.29, 0.717) is 29.2 Å². The first-order valence-corrected chi connectivity index (χ1v) is 9.65. The Morgan fingerprint density at radius 1 is 1.12 bits per heavy atom. The molecule has 1 aliphatic heterocycles. The van der Waals surface area contributed by atoms with E-state index < -0.39 is 0 Å². The molecule has 3 aliphatic rings. The maximum atomic E-state index is 13.8. The smallest absolute Gasteiger partial charge is 0.226 e. The maximum Gasteiger partial charge on any atom is 0.226 e. The number of fused-ring (bicyclic) bond motifs is 2. The number of rotatable bonds is 2. The van der Waals surface area contributed by atoms with Crippen LogP contribution in [0, 0.1) is 23.6 Å². The van der Waals surface area contributed by atoms with Crippen LogP contribution in [0.2, 0.25) is 0 Å². The van der Waals surface area contributed by atoms with Crippen molar-refractivity contribution in [1.29, 1.82) is 0 Å². The van der Waals surface area contributed by atoms with Gasteiger partial charge in [0.1, 0.15) is 11.3 Å². The van der Waals surface area contributed by atoms with Crippen LogP contribution in [0.3, 0.4) is 0 Å². The van der Waals surface area contributed by atoms with Gasteiger partial charge in [0.2, 0.25) is 5.91 Å². The quantitative estimate of drug-likeness (QED) is 0.902. The molecule has 0 bridgehead atoms. The molecular weight excluding hydrogens is 317 g/mol. The molecule has 2 saturated carbocycles. The van der Waals surface area contributed by atoms with E-state index in [2.05, 4.69) is 14.9 Å². The Bertz CT molecular complexity index is 796. The van der Waals surface area contributed by atoms with Gasteiger partial charge >= 0.3 is 0 Å². The van der Waals surface area contributed by atoms with E-state index in [1.807, 2.05) is 6.07 Å². The van der Waals surface area contributed by atoms with Crippen LogP contribution in [0.1, 0.15) is 50.3 Å². The lowest BCUT2D eigenvalue weighted by molar-refractivity contribution is -0.134. The van der Waals surface area contributed by atoms with Gasteiger partial charge in [0.05, 0.1) is 5.52 Å². The van der Waals surface area contributed by atoms with Gasteiger partial charge in [-0.1, -0.05) is 18.9 Å². The standard InChI is InChI=1S/C20H24FN3O/c21-15-6-3-7-16-18(15)23-19(22-16)12-8-10-24(11-9-12)20(25)17-13-4-1-2-5-14(13)17/h3,6-7,12-14,17H,1-2,4-5,8-11H2,(H,22,23)/t13-,14-/m0/s1. The highest BCUT2D eigenvalue weighted by atomic mass is 19.1. The lowest BCUT2D eigenvalue weighted by atomic mass is 9.95. The van der Waals surface area contributed by atoms with Gasteiger partial charge in [-0.15, -0.1) is 0 Å². The first-order chi connectivity index (χ1) is 12.2. The Balaban J connectivity index is 1.25. The van der Waals surface area contributed by atoms with Gasteiger partial charge in [-0.05, 0) is 49.7 Å². The Labute approximate surface area is 146 Å². The summed E-state index contributed by atoms with van der Waals surface area (Å²) in [4.78, 5) is 22.6. The molecule has 2 aromatic rings. The van der Waals surface area contributed by atoms with Crippen molar-refractivity contribution >= 4 is 16.9 Å². The Morgan fingerprint density at radius 3 is 2.52 bits per heavy atom. The predicted octanol–water partition coefficient (Wildman–Crippen LogP) is 3.84. The highest BCUT2D eigenvalue weighted by Crippen LogP contribution is 2.56. The number of hydrogen-bond acceptors (Lipinski definition) is 2. The highest BCUT2D eigenvalue weighted by Gasteiger charge is 2.55. The lowest BCUT2D eigenvalue weighted by Crippen LogP contribution is -2.39. The predicted molar refractivity (Wildman–Crippen MR) is 93.5 cm³/mol. The molecule has 25 heavy (non-hydrogen) atoms. The number of likely N-dealkylation sites (tertiary alicyclic amines) is 1. The summed E-state index contributed by atoms with van der Waals surface area (Å²) in [6.45, 7) is 1.61. The van der Waals surface area contributed by atoms with E-state index in [0.717, 1.165) is 37.3 Å². The summed E-state index contributed by atoms with van der Waals surface area (Å²) in [5.74, 6) is 2.95. The Morgan fingerprint density at radius 2 is 1.84 bits per heavy atom. The number of imidazole rings is 1. The third kappa shape index (κ3) is 2.55. The van der Waals surface area contributed by atoms with E-state index in [-0.39, 0.29) is 11.7 Å². The van der Waals surface area contributed by atoms with Gasteiger partial charge in [-0.3, -0.25) is 4.79 Å². The molecule has 1 saturated heterocycles. The van der Waals surface area contributed by atoms with Crippen LogP contribution in [0.15, 0.2) is 18.2 Å². The van der Waals surface area contributed by atoms with Crippen molar-refractivity contribution in [2.45, 2.75) is 44.4 Å². The average molecular weight is 341 g/mol. The second-order valence-electron chi connectivity index (χ2n) is 8.00. The van der Waals surface area contributed by atoms with Crippen molar-refractivity contribution < 1.29 is 9.18 Å². The summed E-state index contributed by atoms with van der Waals surface area (Å²) >= 11 is 0. The van der Waals surface area contributed by atoms with Crippen molar-refractivity contribution in [1.82, 2.24) is 14.9 Å². The fraction of sp³-hybridized carbons (Fsp3) is 0.600. The number of aromatic nitrogens is 2. The normalized spacial score (nSPS) is 29.6. The molecule has 0 unspecified atom stereocenters. The fourth-order valence-corrected chi connectivity index (χ4v) is 5.15. The second-order valence-corrected chi connectivity index (χ2v) is 8.00. The number of carbonyl (C=O) groups excluding carboxylic acids is 1. The number of nitrogens with zero attached hydrogens (tertiary/aromatic N) is 2. The van der Waals surface area contributed by atoms with Crippen LogP contribution < -0.4 is 0 Å². The number of hydrogen-bond donors (Lipinski definition) is 1. The second kappa shape index (κ2) is 5.82. The van der Waals surface area contributed by atoms with Crippen molar-refractivity contribution in [3.8, 4) is 0 Å². The zero-order valence-corrected chi connectivity index (χ0v) is 14.4. The molecule has 1 amide bonds. The third-order valence-electron chi connectivity index (χ3n) is 6.62. The Hall–Kier alpha value is -1.91. The monoisotopic (exact) mass is 341 g/mol. The number of para-hydroxylation sites is 1. The first kappa shape index (κ1) is 15.4. The van der Waals surface area contributed by atoms with Crippen molar-refractivity contribution in [2.75, 3.05) is 13.1 Å². The minimum absolute atomic E-state index is 0.274. The number of halogens is 1. The van der Waals surface area contributed by atoms with Gasteiger partial charge < -0.3 is 9.88 Å². The molecule has 1 aromatic heterocycles. The number of nitrogens with one attached hydrogen (secondary N) is 1. The zero-order valence-electron chi connectivity index (χ0n) is 14.4. The highest BCUT2D eigenvalue weighted by molar-refractivity contribution is 5.82. The molecule has 2 atom stereocenters. The van der Waals surface area contributed by atoms with Gasteiger partial charge in [-0.25, -0.2) is 9.37 Å². The van der Waals surface area contributed by atoms with Crippen LogP contribution in [0.25, 0.3) is 11.0 Å². The van der Waals surface area contributed by atoms with Gasteiger partial charge in [0, 0.05) is 24.9 Å². The number of aromatic amines is 1.